The largest absolute Gasteiger partial charge is 0.458 e. The van der Waals surface area contributed by atoms with Gasteiger partial charge in [-0.1, -0.05) is 67.4 Å². The van der Waals surface area contributed by atoms with Crippen molar-refractivity contribution in [2.75, 3.05) is 20.3 Å². The molecular formula is C31H39NO6. The van der Waals surface area contributed by atoms with Crippen LogP contribution in [-0.4, -0.2) is 55.2 Å². The monoisotopic (exact) mass is 521 g/mol. The fraction of sp³-hybridized carbons (Fsp3) is 0.516. The van der Waals surface area contributed by atoms with Crippen LogP contribution in [0, 0.1) is 5.92 Å². The van der Waals surface area contributed by atoms with Crippen molar-refractivity contribution in [1.29, 1.82) is 0 Å². The van der Waals surface area contributed by atoms with Crippen LogP contribution in [0.25, 0.3) is 0 Å². The van der Waals surface area contributed by atoms with E-state index in [1.165, 1.54) is 17.4 Å². The molecule has 1 heterocycles. The molecule has 204 valence electrons. The maximum atomic E-state index is 13.1. The van der Waals surface area contributed by atoms with Crippen molar-refractivity contribution in [3.05, 3.63) is 71.3 Å². The summed E-state index contributed by atoms with van der Waals surface area (Å²) in [4.78, 5) is 40.1. The van der Waals surface area contributed by atoms with E-state index >= 15 is 0 Å². The summed E-state index contributed by atoms with van der Waals surface area (Å²) < 4.78 is 16.2. The molecule has 2 fully saturated rings. The molecule has 1 aliphatic carbocycles. The molecule has 2 aliphatic rings. The van der Waals surface area contributed by atoms with Crippen LogP contribution >= 0.6 is 0 Å². The highest BCUT2D eigenvalue weighted by molar-refractivity contribution is 5.86. The van der Waals surface area contributed by atoms with Gasteiger partial charge in [-0.05, 0) is 61.1 Å². The molecule has 2 aromatic carbocycles. The third-order valence-electron chi connectivity index (χ3n) is 7.54. The van der Waals surface area contributed by atoms with E-state index in [4.69, 9.17) is 14.2 Å². The van der Waals surface area contributed by atoms with Gasteiger partial charge in [0.25, 0.3) is 0 Å². The lowest BCUT2D eigenvalue weighted by molar-refractivity contribution is -0.171. The fourth-order valence-electron chi connectivity index (χ4n) is 4.82. The molecule has 7 nitrogen and oxygen atoms in total. The molecule has 38 heavy (non-hydrogen) atoms. The molecule has 0 bridgehead atoms. The molecule has 1 saturated heterocycles. The van der Waals surface area contributed by atoms with Gasteiger partial charge in [-0.2, -0.15) is 0 Å². The second-order valence-electron chi connectivity index (χ2n) is 10.5. The van der Waals surface area contributed by atoms with Gasteiger partial charge in [0.2, 0.25) is 5.91 Å². The molecule has 0 unspecified atom stereocenters. The molecule has 0 aromatic heterocycles. The lowest BCUT2D eigenvalue weighted by atomic mass is 9.91. The summed E-state index contributed by atoms with van der Waals surface area (Å²) in [7, 11) is 1.66. The van der Waals surface area contributed by atoms with Gasteiger partial charge in [0.15, 0.2) is 6.10 Å². The minimum absolute atomic E-state index is 0.111. The molecular weight excluding hydrogens is 482 g/mol. The molecule has 2 atom stereocenters. The van der Waals surface area contributed by atoms with Crippen molar-refractivity contribution < 1.29 is 28.6 Å². The number of likely N-dealkylation sites (N-methyl/N-ethyl adjacent to an activating group) is 1. The highest BCUT2D eigenvalue weighted by Gasteiger charge is 2.36. The maximum absolute atomic E-state index is 13.1. The van der Waals surface area contributed by atoms with E-state index in [9.17, 15) is 14.4 Å². The van der Waals surface area contributed by atoms with E-state index in [2.05, 4.69) is 24.3 Å². The number of hydrogen-bond acceptors (Lipinski definition) is 6. The van der Waals surface area contributed by atoms with E-state index in [1.807, 2.05) is 30.3 Å². The fourth-order valence-corrected chi connectivity index (χ4v) is 4.82. The molecule has 0 N–H and O–H groups in total. The normalized spacial score (nSPS) is 17.3. The average Bonchev–Trinajstić information content (AvgIpc) is 3.78. The number of benzene rings is 2. The van der Waals surface area contributed by atoms with Crippen molar-refractivity contribution in [2.45, 2.75) is 76.5 Å². The molecule has 1 saturated carbocycles. The smallest absolute Gasteiger partial charge is 0.347 e. The third kappa shape index (κ3) is 8.15. The molecule has 0 spiro atoms. The zero-order valence-corrected chi connectivity index (χ0v) is 22.5. The zero-order chi connectivity index (χ0) is 26.9. The van der Waals surface area contributed by atoms with Crippen LogP contribution in [0.4, 0.5) is 0 Å². The molecule has 2 aromatic rings. The van der Waals surface area contributed by atoms with Gasteiger partial charge in [-0.15, -0.1) is 0 Å². The van der Waals surface area contributed by atoms with Gasteiger partial charge >= 0.3 is 11.9 Å². The number of carbonyl (C=O) groups excluding carboxylic acids is 3. The van der Waals surface area contributed by atoms with Gasteiger partial charge in [-0.25, -0.2) is 9.59 Å². The summed E-state index contributed by atoms with van der Waals surface area (Å²) in [5.74, 6) is -0.331. The van der Waals surface area contributed by atoms with Crippen molar-refractivity contribution in [3.63, 3.8) is 0 Å². The van der Waals surface area contributed by atoms with Crippen LogP contribution in [0.5, 0.6) is 0 Å². The van der Waals surface area contributed by atoms with Crippen LogP contribution in [0.1, 0.15) is 68.1 Å². The summed E-state index contributed by atoms with van der Waals surface area (Å²) in [5, 5.41) is 0. The summed E-state index contributed by atoms with van der Waals surface area (Å²) >= 11 is 0. The Kier molecular flexibility index (Phi) is 9.93. The zero-order valence-electron chi connectivity index (χ0n) is 22.5. The van der Waals surface area contributed by atoms with E-state index in [1.54, 1.807) is 7.05 Å². The van der Waals surface area contributed by atoms with Crippen molar-refractivity contribution in [3.8, 4) is 0 Å². The molecule has 4 rings (SSSR count). The van der Waals surface area contributed by atoms with Gasteiger partial charge in [0, 0.05) is 26.7 Å². The van der Waals surface area contributed by atoms with E-state index in [0.29, 0.717) is 31.1 Å². The first-order valence-corrected chi connectivity index (χ1v) is 13.7. The maximum Gasteiger partial charge on any atom is 0.347 e. The van der Waals surface area contributed by atoms with Gasteiger partial charge in [0.05, 0.1) is 0 Å². The van der Waals surface area contributed by atoms with Crippen LogP contribution in [0.2, 0.25) is 0 Å². The lowest BCUT2D eigenvalue weighted by Crippen LogP contribution is -2.45. The first-order valence-electron chi connectivity index (χ1n) is 13.7. The lowest BCUT2D eigenvalue weighted by Gasteiger charge is -2.28. The van der Waals surface area contributed by atoms with Gasteiger partial charge < -0.3 is 19.1 Å². The summed E-state index contributed by atoms with van der Waals surface area (Å²) in [6.07, 6.45) is 4.58. The van der Waals surface area contributed by atoms with Gasteiger partial charge in [-0.3, -0.25) is 4.79 Å². The first-order chi connectivity index (χ1) is 18.4. The van der Waals surface area contributed by atoms with Crippen LogP contribution in [0.15, 0.2) is 54.6 Å². The molecule has 1 amide bonds. The van der Waals surface area contributed by atoms with E-state index in [0.717, 1.165) is 50.0 Å². The number of nitrogens with zero attached hydrogens (tertiary/aromatic N) is 1. The Hall–Kier alpha value is -3.19. The predicted molar refractivity (Wildman–Crippen MR) is 143 cm³/mol. The number of ether oxygens (including phenoxy) is 3. The Morgan fingerprint density at radius 1 is 0.921 bits per heavy atom. The number of rotatable bonds is 12. The van der Waals surface area contributed by atoms with Crippen LogP contribution in [-0.2, 0) is 41.6 Å². The second-order valence-corrected chi connectivity index (χ2v) is 10.5. The van der Waals surface area contributed by atoms with E-state index in [-0.39, 0.29) is 12.5 Å². The van der Waals surface area contributed by atoms with E-state index < -0.39 is 24.1 Å². The summed E-state index contributed by atoms with van der Waals surface area (Å²) in [6, 6.07) is 17.1. The Morgan fingerprint density at radius 3 is 2.26 bits per heavy atom. The average molecular weight is 522 g/mol. The van der Waals surface area contributed by atoms with Gasteiger partial charge in [0.1, 0.15) is 12.6 Å². The van der Waals surface area contributed by atoms with Crippen molar-refractivity contribution in [1.82, 2.24) is 4.90 Å². The second kappa shape index (κ2) is 13.6. The van der Waals surface area contributed by atoms with Crippen molar-refractivity contribution >= 4 is 17.8 Å². The minimum Gasteiger partial charge on any atom is -0.458 e. The Bertz CT molecular complexity index is 1060. The van der Waals surface area contributed by atoms with Crippen LogP contribution in [0.3, 0.4) is 0 Å². The number of esters is 2. The Labute approximate surface area is 225 Å². The molecule has 7 heteroatoms. The number of amides is 1. The molecule has 1 aliphatic heterocycles. The number of carbonyl (C=O) groups is 3. The quantitative estimate of drug-likeness (QED) is 0.373. The highest BCUT2D eigenvalue weighted by atomic mass is 16.6. The summed E-state index contributed by atoms with van der Waals surface area (Å²) in [6.45, 7) is 3.24. The number of hydrogen-bond donors (Lipinski definition) is 0. The Balaban J connectivity index is 1.27. The number of aryl methyl sites for hydroxylation is 1. The Morgan fingerprint density at radius 2 is 1.61 bits per heavy atom. The predicted octanol–water partition coefficient (Wildman–Crippen LogP) is 4.82. The topological polar surface area (TPSA) is 82.1 Å². The third-order valence-corrected chi connectivity index (χ3v) is 7.54. The van der Waals surface area contributed by atoms with Crippen molar-refractivity contribution in [2.24, 2.45) is 5.92 Å². The molecule has 0 radical (unpaired) electrons. The highest BCUT2D eigenvalue weighted by Crippen LogP contribution is 2.35. The summed E-state index contributed by atoms with van der Waals surface area (Å²) in [5.41, 5.74) is 3.28. The SMILES string of the molecule is C[C@@H](OC(=O)[C@H](CC1CC1)N(C)C(=O)CCc1ccc(C2CCOCC2)cc1)C(=O)OCc1ccccc1. The standard InChI is InChI=1S/C31H39NO6/c1-22(30(34)37-21-25-6-4-3-5-7-25)38-31(35)28(20-24-8-9-24)32(2)29(33)15-12-23-10-13-26(14-11-23)27-16-18-36-19-17-27/h3-7,10-11,13-14,22,24,27-28H,8-9,12,15-21H2,1-2H3/t22-,28+/m1/s1. The minimum atomic E-state index is -1.05. The first kappa shape index (κ1) is 27.8. The van der Waals surface area contributed by atoms with Crippen LogP contribution < -0.4 is 0 Å².